The van der Waals surface area contributed by atoms with Crippen LogP contribution in [0.3, 0.4) is 0 Å². The van der Waals surface area contributed by atoms with Gasteiger partial charge in [-0.05, 0) is 24.8 Å². The van der Waals surface area contributed by atoms with Crippen LogP contribution in [0.5, 0.6) is 0 Å². The van der Waals surface area contributed by atoms with E-state index in [1.807, 2.05) is 42.3 Å². The van der Waals surface area contributed by atoms with E-state index >= 15 is 0 Å². The van der Waals surface area contributed by atoms with Crippen molar-refractivity contribution in [1.29, 1.82) is 0 Å². The molecule has 2 N–H and O–H groups in total. The topological polar surface area (TPSA) is 46.3 Å². The summed E-state index contributed by atoms with van der Waals surface area (Å²) in [4.78, 5) is 14.1. The summed E-state index contributed by atoms with van der Waals surface area (Å²) in [6.45, 7) is 0. The van der Waals surface area contributed by atoms with Crippen LogP contribution in [0.2, 0.25) is 0 Å². The molecule has 1 amide bonds. The molecule has 1 aromatic carbocycles. The summed E-state index contributed by atoms with van der Waals surface area (Å²) in [7, 11) is 1.89. The van der Waals surface area contributed by atoms with Gasteiger partial charge in [-0.25, -0.2) is 0 Å². The number of rotatable bonds is 4. The molecule has 0 bridgehead atoms. The van der Waals surface area contributed by atoms with Gasteiger partial charge in [0, 0.05) is 13.1 Å². The Labute approximate surface area is 109 Å². The molecule has 3 nitrogen and oxygen atoms in total. The molecule has 0 saturated heterocycles. The first kappa shape index (κ1) is 13.1. The second kappa shape index (κ2) is 6.01. The Kier molecular flexibility index (Phi) is 4.37. The fourth-order valence-corrected chi connectivity index (χ4v) is 2.69. The Morgan fingerprint density at radius 1 is 1.33 bits per heavy atom. The van der Waals surface area contributed by atoms with Gasteiger partial charge >= 0.3 is 0 Å². The number of carbonyl (C=O) groups is 1. The van der Waals surface area contributed by atoms with Crippen LogP contribution in [0.25, 0.3) is 0 Å². The third-order valence-corrected chi connectivity index (χ3v) is 3.84. The Balaban J connectivity index is 1.91. The highest BCUT2D eigenvalue weighted by Gasteiger charge is 2.26. The lowest BCUT2D eigenvalue weighted by Gasteiger charge is -2.27. The molecule has 3 heteroatoms. The second-order valence-corrected chi connectivity index (χ2v) is 5.18. The van der Waals surface area contributed by atoms with Crippen LogP contribution in [0.1, 0.15) is 31.2 Å². The molecule has 98 valence electrons. The van der Waals surface area contributed by atoms with E-state index in [-0.39, 0.29) is 5.91 Å². The van der Waals surface area contributed by atoms with E-state index < -0.39 is 6.04 Å². The molecular formula is C15H22N2O. The maximum Gasteiger partial charge on any atom is 0.239 e. The van der Waals surface area contributed by atoms with Gasteiger partial charge in [-0.1, -0.05) is 43.2 Å². The summed E-state index contributed by atoms with van der Waals surface area (Å²) in [5.41, 5.74) is 7.15. The van der Waals surface area contributed by atoms with Gasteiger partial charge in [0.05, 0.1) is 6.04 Å². The van der Waals surface area contributed by atoms with Gasteiger partial charge in [-0.15, -0.1) is 0 Å². The van der Waals surface area contributed by atoms with E-state index in [9.17, 15) is 4.79 Å². The van der Waals surface area contributed by atoms with Crippen molar-refractivity contribution in [3.05, 3.63) is 35.9 Å². The van der Waals surface area contributed by atoms with Gasteiger partial charge in [0.1, 0.15) is 0 Å². The second-order valence-electron chi connectivity index (χ2n) is 5.18. The molecule has 0 aromatic heterocycles. The average Bonchev–Trinajstić information content (AvgIpc) is 2.92. The van der Waals surface area contributed by atoms with Gasteiger partial charge in [-0.2, -0.15) is 0 Å². The van der Waals surface area contributed by atoms with Gasteiger partial charge in [-0.3, -0.25) is 4.79 Å². The minimum absolute atomic E-state index is 0.0748. The Morgan fingerprint density at radius 2 is 1.94 bits per heavy atom. The third kappa shape index (κ3) is 3.10. The molecule has 1 aromatic rings. The zero-order chi connectivity index (χ0) is 13.0. The summed E-state index contributed by atoms with van der Waals surface area (Å²) in [5, 5.41) is 0. The van der Waals surface area contributed by atoms with Gasteiger partial charge < -0.3 is 10.6 Å². The molecule has 1 saturated carbocycles. The summed E-state index contributed by atoms with van der Waals surface area (Å²) >= 11 is 0. The zero-order valence-electron chi connectivity index (χ0n) is 11.0. The van der Waals surface area contributed by atoms with E-state index in [1.54, 1.807) is 0 Å². The van der Waals surface area contributed by atoms with E-state index in [0.717, 1.165) is 18.4 Å². The molecule has 1 atom stereocenters. The largest absolute Gasteiger partial charge is 0.341 e. The predicted octanol–water partition coefficient (Wildman–Crippen LogP) is 1.96. The third-order valence-electron chi connectivity index (χ3n) is 3.84. The summed E-state index contributed by atoms with van der Waals surface area (Å²) in [5.74, 6) is 0.0748. The number of amides is 1. The van der Waals surface area contributed by atoms with Crippen LogP contribution in [-0.4, -0.2) is 29.9 Å². The van der Waals surface area contributed by atoms with Crippen molar-refractivity contribution in [3.8, 4) is 0 Å². The maximum atomic E-state index is 12.2. The van der Waals surface area contributed by atoms with Crippen molar-refractivity contribution in [1.82, 2.24) is 4.90 Å². The SMILES string of the molecule is CN(C(=O)[C@@H](N)Cc1ccccc1)C1CCCC1. The molecule has 0 radical (unpaired) electrons. The maximum absolute atomic E-state index is 12.2. The molecule has 0 spiro atoms. The lowest BCUT2D eigenvalue weighted by Crippen LogP contribution is -2.46. The Morgan fingerprint density at radius 3 is 2.56 bits per heavy atom. The van der Waals surface area contributed by atoms with Crippen molar-refractivity contribution in [2.75, 3.05) is 7.05 Å². The number of hydrogen-bond donors (Lipinski definition) is 1. The number of nitrogens with zero attached hydrogens (tertiary/aromatic N) is 1. The minimum Gasteiger partial charge on any atom is -0.341 e. The smallest absolute Gasteiger partial charge is 0.239 e. The minimum atomic E-state index is -0.419. The van der Waals surface area contributed by atoms with Crippen molar-refractivity contribution in [3.63, 3.8) is 0 Å². The number of hydrogen-bond acceptors (Lipinski definition) is 2. The fourth-order valence-electron chi connectivity index (χ4n) is 2.69. The molecular weight excluding hydrogens is 224 g/mol. The molecule has 0 unspecified atom stereocenters. The van der Waals surface area contributed by atoms with Crippen LogP contribution < -0.4 is 5.73 Å². The highest BCUT2D eigenvalue weighted by molar-refractivity contribution is 5.82. The molecule has 0 heterocycles. The van der Waals surface area contributed by atoms with E-state index in [2.05, 4.69) is 0 Å². The molecule has 1 fully saturated rings. The zero-order valence-corrected chi connectivity index (χ0v) is 11.0. The van der Waals surface area contributed by atoms with Gasteiger partial charge in [0.15, 0.2) is 0 Å². The first-order valence-corrected chi connectivity index (χ1v) is 6.74. The summed E-state index contributed by atoms with van der Waals surface area (Å²) < 4.78 is 0. The molecule has 1 aliphatic rings. The first-order chi connectivity index (χ1) is 8.68. The predicted molar refractivity (Wildman–Crippen MR) is 73.1 cm³/mol. The Hall–Kier alpha value is -1.35. The van der Waals surface area contributed by atoms with Crippen LogP contribution in [0.4, 0.5) is 0 Å². The normalized spacial score (nSPS) is 17.7. The fraction of sp³-hybridized carbons (Fsp3) is 0.533. The molecule has 2 rings (SSSR count). The van der Waals surface area contributed by atoms with E-state index in [0.29, 0.717) is 12.5 Å². The van der Waals surface area contributed by atoms with Gasteiger partial charge in [0.2, 0.25) is 5.91 Å². The van der Waals surface area contributed by atoms with Crippen LogP contribution >= 0.6 is 0 Å². The van der Waals surface area contributed by atoms with E-state index in [4.69, 9.17) is 5.73 Å². The van der Waals surface area contributed by atoms with Gasteiger partial charge in [0.25, 0.3) is 0 Å². The lowest BCUT2D eigenvalue weighted by atomic mass is 10.0. The lowest BCUT2D eigenvalue weighted by molar-refractivity contribution is -0.133. The van der Waals surface area contributed by atoms with Crippen LogP contribution in [0.15, 0.2) is 30.3 Å². The number of likely N-dealkylation sites (N-methyl/N-ethyl adjacent to an activating group) is 1. The van der Waals surface area contributed by atoms with Crippen molar-refractivity contribution in [2.45, 2.75) is 44.2 Å². The van der Waals surface area contributed by atoms with Crippen molar-refractivity contribution >= 4 is 5.91 Å². The number of benzene rings is 1. The van der Waals surface area contributed by atoms with Crippen molar-refractivity contribution in [2.24, 2.45) is 5.73 Å². The van der Waals surface area contributed by atoms with Crippen LogP contribution in [0, 0.1) is 0 Å². The molecule has 1 aliphatic carbocycles. The van der Waals surface area contributed by atoms with Crippen LogP contribution in [-0.2, 0) is 11.2 Å². The standard InChI is InChI=1S/C15H22N2O/c1-17(13-9-5-6-10-13)15(18)14(16)11-12-7-3-2-4-8-12/h2-4,7-8,13-14H,5-6,9-11,16H2,1H3/t14-/m0/s1. The number of carbonyl (C=O) groups excluding carboxylic acids is 1. The average molecular weight is 246 g/mol. The first-order valence-electron chi connectivity index (χ1n) is 6.74. The highest BCUT2D eigenvalue weighted by Crippen LogP contribution is 2.22. The quantitative estimate of drug-likeness (QED) is 0.882. The summed E-state index contributed by atoms with van der Waals surface area (Å²) in [6.07, 6.45) is 5.34. The number of nitrogens with two attached hydrogens (primary N) is 1. The molecule has 0 aliphatic heterocycles. The molecule has 18 heavy (non-hydrogen) atoms. The highest BCUT2D eigenvalue weighted by atomic mass is 16.2. The van der Waals surface area contributed by atoms with E-state index in [1.165, 1.54) is 12.8 Å². The van der Waals surface area contributed by atoms with Crippen molar-refractivity contribution < 1.29 is 4.79 Å². The summed E-state index contributed by atoms with van der Waals surface area (Å²) in [6, 6.07) is 9.95. The Bertz CT molecular complexity index is 385. The monoisotopic (exact) mass is 246 g/mol.